The normalized spacial score (nSPS) is 10.6. The minimum atomic E-state index is 0.428. The molecule has 1 heterocycles. The van der Waals surface area contributed by atoms with Crippen molar-refractivity contribution in [3.05, 3.63) is 59.1 Å². The number of hydrogen-bond acceptors (Lipinski definition) is 2. The van der Waals surface area contributed by atoms with Gasteiger partial charge in [0.05, 0.1) is 11.4 Å². The molecule has 0 fully saturated rings. The first kappa shape index (κ1) is 12.0. The zero-order chi connectivity index (χ0) is 13.2. The van der Waals surface area contributed by atoms with Crippen LogP contribution in [0.5, 0.6) is 0 Å². The van der Waals surface area contributed by atoms with Gasteiger partial charge in [0.1, 0.15) is 0 Å². The lowest BCUT2D eigenvalue weighted by Crippen LogP contribution is -1.85. The zero-order valence-electron chi connectivity index (χ0n) is 10.1. The minimum absolute atomic E-state index is 0.428. The molecular formula is C15H12BrN3. The Labute approximate surface area is 119 Å². The van der Waals surface area contributed by atoms with Gasteiger partial charge in [0.25, 0.3) is 0 Å². The molecular weight excluding hydrogens is 302 g/mol. The molecule has 1 aromatic heterocycles. The Morgan fingerprint density at radius 1 is 0.895 bits per heavy atom. The first-order valence-electron chi connectivity index (χ1n) is 5.91. The highest BCUT2D eigenvalue weighted by Gasteiger charge is 2.12. The molecule has 0 radical (unpaired) electrons. The van der Waals surface area contributed by atoms with Crippen LogP contribution in [0.3, 0.4) is 0 Å². The van der Waals surface area contributed by atoms with E-state index in [2.05, 4.69) is 25.9 Å². The predicted molar refractivity (Wildman–Crippen MR) is 81.6 cm³/mol. The Kier molecular flexibility index (Phi) is 3.09. The number of benzene rings is 2. The van der Waals surface area contributed by atoms with Crippen LogP contribution in [0.2, 0.25) is 0 Å². The van der Waals surface area contributed by atoms with Crippen LogP contribution in [0.15, 0.2) is 59.1 Å². The lowest BCUT2D eigenvalue weighted by atomic mass is 10.1. The highest BCUT2D eigenvalue weighted by molar-refractivity contribution is 9.10. The smallest absolute Gasteiger partial charge is 0.198 e. The summed E-state index contributed by atoms with van der Waals surface area (Å²) in [5.74, 6) is 0.428. The van der Waals surface area contributed by atoms with E-state index in [0.717, 1.165) is 27.0 Å². The van der Waals surface area contributed by atoms with Crippen molar-refractivity contribution in [2.24, 2.45) is 0 Å². The van der Waals surface area contributed by atoms with Crippen LogP contribution in [0.1, 0.15) is 0 Å². The van der Waals surface area contributed by atoms with E-state index in [1.807, 2.05) is 54.6 Å². The van der Waals surface area contributed by atoms with E-state index in [4.69, 9.17) is 5.73 Å². The SMILES string of the molecule is Nc1nc(-c2ccccc2)c(-c2ccc(Br)cc2)[nH]1. The fourth-order valence-corrected chi connectivity index (χ4v) is 2.29. The molecule has 3 rings (SSSR count). The molecule has 2 aromatic carbocycles. The maximum atomic E-state index is 5.81. The van der Waals surface area contributed by atoms with E-state index in [0.29, 0.717) is 5.95 Å². The Hall–Kier alpha value is -2.07. The maximum Gasteiger partial charge on any atom is 0.198 e. The first-order valence-corrected chi connectivity index (χ1v) is 6.70. The average Bonchev–Trinajstić information content (AvgIpc) is 2.83. The molecule has 3 N–H and O–H groups in total. The second kappa shape index (κ2) is 4.90. The molecule has 0 saturated heterocycles. The van der Waals surface area contributed by atoms with Gasteiger partial charge in [-0.3, -0.25) is 0 Å². The molecule has 4 heteroatoms. The fraction of sp³-hybridized carbons (Fsp3) is 0. The van der Waals surface area contributed by atoms with Gasteiger partial charge in [0, 0.05) is 15.6 Å². The van der Waals surface area contributed by atoms with Crippen LogP contribution in [-0.2, 0) is 0 Å². The van der Waals surface area contributed by atoms with Crippen LogP contribution < -0.4 is 5.73 Å². The molecule has 0 aliphatic rings. The summed E-state index contributed by atoms with van der Waals surface area (Å²) in [6.45, 7) is 0. The van der Waals surface area contributed by atoms with E-state index in [1.54, 1.807) is 0 Å². The summed E-state index contributed by atoms with van der Waals surface area (Å²) in [5, 5.41) is 0. The second-order valence-electron chi connectivity index (χ2n) is 4.22. The third kappa shape index (κ3) is 2.39. The van der Waals surface area contributed by atoms with Gasteiger partial charge in [0.2, 0.25) is 0 Å². The number of nitrogens with one attached hydrogen (secondary N) is 1. The Bertz CT molecular complexity index is 687. The number of aromatic amines is 1. The van der Waals surface area contributed by atoms with Crippen molar-refractivity contribution in [3.8, 4) is 22.5 Å². The lowest BCUT2D eigenvalue weighted by molar-refractivity contribution is 1.32. The summed E-state index contributed by atoms with van der Waals surface area (Å²) in [5.41, 5.74) is 9.74. The van der Waals surface area contributed by atoms with Crippen molar-refractivity contribution in [3.63, 3.8) is 0 Å². The summed E-state index contributed by atoms with van der Waals surface area (Å²) in [6, 6.07) is 18.1. The minimum Gasteiger partial charge on any atom is -0.369 e. The van der Waals surface area contributed by atoms with Crippen LogP contribution in [-0.4, -0.2) is 9.97 Å². The summed E-state index contributed by atoms with van der Waals surface area (Å²) in [7, 11) is 0. The fourth-order valence-electron chi connectivity index (χ4n) is 2.02. The van der Waals surface area contributed by atoms with E-state index in [1.165, 1.54) is 0 Å². The Morgan fingerprint density at radius 2 is 1.58 bits per heavy atom. The number of halogens is 1. The number of imidazole rings is 1. The average molecular weight is 314 g/mol. The molecule has 3 aromatic rings. The summed E-state index contributed by atoms with van der Waals surface area (Å²) >= 11 is 3.44. The zero-order valence-corrected chi connectivity index (χ0v) is 11.7. The molecule has 0 amide bonds. The molecule has 0 saturated carbocycles. The van der Waals surface area contributed by atoms with Crippen molar-refractivity contribution in [2.45, 2.75) is 0 Å². The van der Waals surface area contributed by atoms with Gasteiger partial charge in [-0.1, -0.05) is 58.4 Å². The molecule has 3 nitrogen and oxygen atoms in total. The van der Waals surface area contributed by atoms with Gasteiger partial charge < -0.3 is 10.7 Å². The van der Waals surface area contributed by atoms with Crippen LogP contribution in [0, 0.1) is 0 Å². The number of rotatable bonds is 2. The Balaban J connectivity index is 2.15. The van der Waals surface area contributed by atoms with Crippen molar-refractivity contribution in [1.29, 1.82) is 0 Å². The third-order valence-electron chi connectivity index (χ3n) is 2.90. The second-order valence-corrected chi connectivity index (χ2v) is 5.13. The number of H-pyrrole nitrogens is 1. The van der Waals surface area contributed by atoms with Gasteiger partial charge in [0.15, 0.2) is 5.95 Å². The topological polar surface area (TPSA) is 54.7 Å². The van der Waals surface area contributed by atoms with Gasteiger partial charge in [-0.25, -0.2) is 4.98 Å². The molecule has 0 spiro atoms. The standard InChI is InChI=1S/C15H12BrN3/c16-12-8-6-11(7-9-12)14-13(18-15(17)19-14)10-4-2-1-3-5-10/h1-9H,(H3,17,18,19). The van der Waals surface area contributed by atoms with Gasteiger partial charge in [-0.05, 0) is 12.1 Å². The monoisotopic (exact) mass is 313 g/mol. The molecule has 0 unspecified atom stereocenters. The van der Waals surface area contributed by atoms with Crippen LogP contribution in [0.25, 0.3) is 22.5 Å². The van der Waals surface area contributed by atoms with E-state index < -0.39 is 0 Å². The van der Waals surface area contributed by atoms with Crippen LogP contribution in [0.4, 0.5) is 5.95 Å². The van der Waals surface area contributed by atoms with E-state index >= 15 is 0 Å². The molecule has 94 valence electrons. The first-order chi connectivity index (χ1) is 9.24. The highest BCUT2D eigenvalue weighted by atomic mass is 79.9. The Morgan fingerprint density at radius 3 is 2.26 bits per heavy atom. The molecule has 0 bridgehead atoms. The highest BCUT2D eigenvalue weighted by Crippen LogP contribution is 2.31. The van der Waals surface area contributed by atoms with Crippen molar-refractivity contribution in [1.82, 2.24) is 9.97 Å². The number of nitrogens with two attached hydrogens (primary N) is 1. The lowest BCUT2D eigenvalue weighted by Gasteiger charge is -2.03. The van der Waals surface area contributed by atoms with E-state index in [-0.39, 0.29) is 0 Å². The van der Waals surface area contributed by atoms with E-state index in [9.17, 15) is 0 Å². The molecule has 19 heavy (non-hydrogen) atoms. The summed E-state index contributed by atoms with van der Waals surface area (Å²) < 4.78 is 1.05. The van der Waals surface area contributed by atoms with Crippen molar-refractivity contribution < 1.29 is 0 Å². The van der Waals surface area contributed by atoms with Gasteiger partial charge in [-0.15, -0.1) is 0 Å². The maximum absolute atomic E-state index is 5.81. The molecule has 0 aliphatic heterocycles. The van der Waals surface area contributed by atoms with Crippen molar-refractivity contribution in [2.75, 3.05) is 5.73 Å². The summed E-state index contributed by atoms with van der Waals surface area (Å²) in [4.78, 5) is 7.52. The number of nitrogen functional groups attached to an aromatic ring is 1. The van der Waals surface area contributed by atoms with Gasteiger partial charge in [-0.2, -0.15) is 0 Å². The molecule has 0 aliphatic carbocycles. The largest absolute Gasteiger partial charge is 0.369 e. The number of aromatic nitrogens is 2. The van der Waals surface area contributed by atoms with Gasteiger partial charge >= 0.3 is 0 Å². The predicted octanol–water partition coefficient (Wildman–Crippen LogP) is 4.09. The van der Waals surface area contributed by atoms with Crippen molar-refractivity contribution >= 4 is 21.9 Å². The number of nitrogens with zero attached hydrogens (tertiary/aromatic N) is 1. The van der Waals surface area contributed by atoms with Crippen LogP contribution >= 0.6 is 15.9 Å². The third-order valence-corrected chi connectivity index (χ3v) is 3.43. The number of anilines is 1. The molecule has 0 atom stereocenters. The quantitative estimate of drug-likeness (QED) is 0.748. The summed E-state index contributed by atoms with van der Waals surface area (Å²) in [6.07, 6.45) is 0. The number of hydrogen-bond donors (Lipinski definition) is 2.